The van der Waals surface area contributed by atoms with Gasteiger partial charge < -0.3 is 5.11 Å². The van der Waals surface area contributed by atoms with Crippen LogP contribution in [0.3, 0.4) is 0 Å². The Hall–Kier alpha value is -0.480. The number of hydrogen-bond donors (Lipinski definition) is 1. The second kappa shape index (κ2) is 5.91. The van der Waals surface area contributed by atoms with Crippen molar-refractivity contribution < 1.29 is 5.11 Å². The summed E-state index contributed by atoms with van der Waals surface area (Å²) in [6.07, 6.45) is 6.67. The van der Waals surface area contributed by atoms with Crippen molar-refractivity contribution in [2.75, 3.05) is 0 Å². The minimum Gasteiger partial charge on any atom is -0.387 e. The van der Waals surface area contributed by atoms with Gasteiger partial charge in [0.1, 0.15) is 0 Å². The van der Waals surface area contributed by atoms with Crippen LogP contribution in [0, 0.1) is 11.8 Å². The Balaban J connectivity index is 1.99. The zero-order chi connectivity index (χ0) is 12.3. The van der Waals surface area contributed by atoms with Crippen LogP contribution in [-0.2, 0) is 6.42 Å². The average molecular weight is 254 g/mol. The maximum Gasteiger partial charge on any atom is 0.0945 e. The first-order valence-corrected chi connectivity index (χ1v) is 7.52. The fourth-order valence-electron chi connectivity index (χ4n) is 2.81. The molecule has 0 saturated heterocycles. The first kappa shape index (κ1) is 13.0. The molecule has 1 aromatic heterocycles. The standard InChI is InChI=1S/C13H22N2OS/c1-3-9-5-7-10(8-6-9)12(16)13-11(4-2)14-15-17-13/h9-10,12,16H,3-8H2,1-2H3. The Kier molecular flexibility index (Phi) is 4.51. The third-order valence-corrected chi connectivity index (χ3v) is 4.94. The Bertz CT molecular complexity index is 345. The Morgan fingerprint density at radius 3 is 2.59 bits per heavy atom. The quantitative estimate of drug-likeness (QED) is 0.896. The molecule has 3 nitrogen and oxygen atoms in total. The van der Waals surface area contributed by atoms with Gasteiger partial charge in [0.15, 0.2) is 0 Å². The lowest BCUT2D eigenvalue weighted by atomic mass is 9.78. The van der Waals surface area contributed by atoms with Crippen molar-refractivity contribution in [3.63, 3.8) is 0 Å². The van der Waals surface area contributed by atoms with Gasteiger partial charge in [-0.3, -0.25) is 0 Å². The zero-order valence-electron chi connectivity index (χ0n) is 10.7. The predicted molar refractivity (Wildman–Crippen MR) is 70.0 cm³/mol. The molecule has 1 heterocycles. The molecule has 0 aliphatic heterocycles. The minimum absolute atomic E-state index is 0.331. The number of aliphatic hydroxyl groups is 1. The molecule has 0 radical (unpaired) electrons. The lowest BCUT2D eigenvalue weighted by Crippen LogP contribution is -2.20. The third kappa shape index (κ3) is 2.86. The molecular formula is C13H22N2OS. The predicted octanol–water partition coefficient (Wildman–Crippen LogP) is 3.35. The number of aryl methyl sites for hydroxylation is 1. The maximum absolute atomic E-state index is 10.4. The van der Waals surface area contributed by atoms with Gasteiger partial charge in [-0.05, 0) is 42.6 Å². The van der Waals surface area contributed by atoms with Gasteiger partial charge in [0, 0.05) is 0 Å². The van der Waals surface area contributed by atoms with Crippen molar-refractivity contribution in [2.24, 2.45) is 11.8 Å². The normalized spacial score (nSPS) is 27.0. The van der Waals surface area contributed by atoms with E-state index in [2.05, 4.69) is 23.4 Å². The highest BCUT2D eigenvalue weighted by molar-refractivity contribution is 7.05. The highest BCUT2D eigenvalue weighted by Gasteiger charge is 2.29. The van der Waals surface area contributed by atoms with Gasteiger partial charge in [0.25, 0.3) is 0 Å². The van der Waals surface area contributed by atoms with Crippen molar-refractivity contribution in [3.8, 4) is 0 Å². The van der Waals surface area contributed by atoms with Crippen LogP contribution in [0.4, 0.5) is 0 Å². The molecule has 1 atom stereocenters. The molecule has 2 rings (SSSR count). The third-order valence-electron chi connectivity index (χ3n) is 4.10. The number of hydrogen-bond acceptors (Lipinski definition) is 4. The summed E-state index contributed by atoms with van der Waals surface area (Å²) in [5, 5.41) is 14.5. The maximum atomic E-state index is 10.4. The first-order valence-electron chi connectivity index (χ1n) is 6.75. The van der Waals surface area contributed by atoms with Crippen LogP contribution < -0.4 is 0 Å². The molecule has 1 N–H and O–H groups in total. The summed E-state index contributed by atoms with van der Waals surface area (Å²) in [6, 6.07) is 0. The van der Waals surface area contributed by atoms with Gasteiger partial charge in [-0.2, -0.15) is 0 Å². The molecule has 0 aromatic carbocycles. The van der Waals surface area contributed by atoms with Crippen molar-refractivity contribution in [2.45, 2.75) is 58.5 Å². The summed E-state index contributed by atoms with van der Waals surface area (Å²) >= 11 is 1.37. The highest BCUT2D eigenvalue weighted by atomic mass is 32.1. The van der Waals surface area contributed by atoms with E-state index < -0.39 is 0 Å². The summed E-state index contributed by atoms with van der Waals surface area (Å²) in [6.45, 7) is 4.34. The largest absolute Gasteiger partial charge is 0.387 e. The molecule has 1 fully saturated rings. The van der Waals surface area contributed by atoms with Gasteiger partial charge >= 0.3 is 0 Å². The van der Waals surface area contributed by atoms with Crippen LogP contribution in [0.2, 0.25) is 0 Å². The summed E-state index contributed by atoms with van der Waals surface area (Å²) < 4.78 is 3.97. The van der Waals surface area contributed by atoms with Crippen LogP contribution in [0.25, 0.3) is 0 Å². The second-order valence-electron chi connectivity index (χ2n) is 5.07. The second-order valence-corrected chi connectivity index (χ2v) is 5.86. The molecule has 1 saturated carbocycles. The summed E-state index contributed by atoms with van der Waals surface area (Å²) in [5.74, 6) is 1.30. The molecule has 17 heavy (non-hydrogen) atoms. The van der Waals surface area contributed by atoms with Crippen molar-refractivity contribution >= 4 is 11.5 Å². The molecule has 1 aliphatic rings. The molecular weight excluding hydrogens is 232 g/mol. The fraction of sp³-hybridized carbons (Fsp3) is 0.846. The fourth-order valence-corrected chi connectivity index (χ4v) is 3.63. The highest BCUT2D eigenvalue weighted by Crippen LogP contribution is 2.39. The van der Waals surface area contributed by atoms with Gasteiger partial charge in [-0.1, -0.05) is 37.6 Å². The van der Waals surface area contributed by atoms with Crippen molar-refractivity contribution in [1.29, 1.82) is 0 Å². The topological polar surface area (TPSA) is 46.0 Å². The Morgan fingerprint density at radius 2 is 2.00 bits per heavy atom. The van der Waals surface area contributed by atoms with Gasteiger partial charge in [-0.15, -0.1) is 5.10 Å². The monoisotopic (exact) mass is 254 g/mol. The molecule has 4 heteroatoms. The van der Waals surface area contributed by atoms with E-state index in [1.165, 1.54) is 30.8 Å². The lowest BCUT2D eigenvalue weighted by molar-refractivity contribution is 0.0749. The first-order chi connectivity index (χ1) is 8.26. The molecule has 0 amide bonds. The molecule has 1 aliphatic carbocycles. The van der Waals surface area contributed by atoms with Gasteiger partial charge in [0.2, 0.25) is 0 Å². The van der Waals surface area contributed by atoms with E-state index in [9.17, 15) is 5.11 Å². The molecule has 1 unspecified atom stereocenters. The van der Waals surface area contributed by atoms with Gasteiger partial charge in [-0.25, -0.2) is 0 Å². The van der Waals surface area contributed by atoms with E-state index >= 15 is 0 Å². The number of rotatable bonds is 4. The van der Waals surface area contributed by atoms with Crippen LogP contribution in [0.1, 0.15) is 62.6 Å². The molecule has 0 spiro atoms. The van der Waals surface area contributed by atoms with Crippen LogP contribution in [-0.4, -0.2) is 14.7 Å². The SMILES string of the molecule is CCc1nnsc1C(O)C1CCC(CC)CC1. The smallest absolute Gasteiger partial charge is 0.0945 e. The number of aliphatic hydroxyl groups excluding tert-OH is 1. The molecule has 1 aromatic rings. The summed E-state index contributed by atoms with van der Waals surface area (Å²) in [4.78, 5) is 1.01. The number of nitrogens with zero attached hydrogens (tertiary/aromatic N) is 2. The van der Waals surface area contributed by atoms with Crippen molar-refractivity contribution in [3.05, 3.63) is 10.6 Å². The van der Waals surface area contributed by atoms with Crippen LogP contribution in [0.15, 0.2) is 0 Å². The Morgan fingerprint density at radius 1 is 1.29 bits per heavy atom. The Labute approximate surface area is 107 Å². The van der Waals surface area contributed by atoms with E-state index in [-0.39, 0.29) is 6.10 Å². The van der Waals surface area contributed by atoms with E-state index in [0.29, 0.717) is 5.92 Å². The van der Waals surface area contributed by atoms with Gasteiger partial charge in [0.05, 0.1) is 16.7 Å². The van der Waals surface area contributed by atoms with Crippen LogP contribution in [0.5, 0.6) is 0 Å². The minimum atomic E-state index is -0.331. The molecule has 96 valence electrons. The molecule has 0 bridgehead atoms. The summed E-state index contributed by atoms with van der Waals surface area (Å²) in [7, 11) is 0. The number of aromatic nitrogens is 2. The van der Waals surface area contributed by atoms with Crippen LogP contribution >= 0.6 is 11.5 Å². The van der Waals surface area contributed by atoms with E-state index in [1.807, 2.05) is 0 Å². The van der Waals surface area contributed by atoms with E-state index in [4.69, 9.17) is 0 Å². The van der Waals surface area contributed by atoms with E-state index in [1.54, 1.807) is 0 Å². The average Bonchev–Trinajstić information content (AvgIpc) is 2.86. The lowest BCUT2D eigenvalue weighted by Gasteiger charge is -2.30. The van der Waals surface area contributed by atoms with E-state index in [0.717, 1.165) is 35.8 Å². The summed E-state index contributed by atoms with van der Waals surface area (Å²) in [5.41, 5.74) is 0.986. The van der Waals surface area contributed by atoms with Crippen molar-refractivity contribution in [1.82, 2.24) is 9.59 Å². The zero-order valence-corrected chi connectivity index (χ0v) is 11.5.